The van der Waals surface area contributed by atoms with Crippen molar-refractivity contribution in [2.45, 2.75) is 56.7 Å². The van der Waals surface area contributed by atoms with Crippen LogP contribution in [-0.4, -0.2) is 146 Å². The molecule has 0 aromatic heterocycles. The van der Waals surface area contributed by atoms with Gasteiger partial charge in [0.2, 0.25) is 0 Å². The molecule has 6 N–H and O–H groups in total. The number of thioether (sulfide) groups is 3. The Morgan fingerprint density at radius 3 is 0.872 bits per heavy atom. The summed E-state index contributed by atoms with van der Waals surface area (Å²) >= 11 is 4.55. The number of rotatable bonds is 30. The van der Waals surface area contributed by atoms with E-state index in [2.05, 4.69) is 31.9 Å². The monoisotopic (exact) mass is 1130 g/mol. The molecule has 24 heteroatoms. The minimum absolute atomic E-state index is 0.172. The van der Waals surface area contributed by atoms with Gasteiger partial charge in [-0.1, -0.05) is 36.4 Å². The highest BCUT2D eigenvalue weighted by Crippen LogP contribution is 2.24. The maximum Gasteiger partial charge on any atom is 0.328 e. The molecular formula is C54H60N6O15S3. The van der Waals surface area contributed by atoms with Crippen LogP contribution in [-0.2, 0) is 43.0 Å². The fraction of sp³-hybridized carbons (Fsp3) is 0.333. The second kappa shape index (κ2) is 32.0. The lowest BCUT2D eigenvalue weighted by Gasteiger charge is -2.17. The van der Waals surface area contributed by atoms with E-state index in [1.807, 2.05) is 18.8 Å². The van der Waals surface area contributed by atoms with Gasteiger partial charge in [-0.3, -0.25) is 43.2 Å². The van der Waals surface area contributed by atoms with Crippen molar-refractivity contribution in [1.82, 2.24) is 16.0 Å². The maximum absolute atomic E-state index is 14.3. The van der Waals surface area contributed by atoms with Crippen LogP contribution in [0.25, 0.3) is 0 Å². The molecule has 0 unspecified atom stereocenters. The van der Waals surface area contributed by atoms with E-state index in [9.17, 15) is 57.5 Å². The summed E-state index contributed by atoms with van der Waals surface area (Å²) < 4.78 is 14.5. The third-order valence-corrected chi connectivity index (χ3v) is 13.6. The van der Waals surface area contributed by atoms with E-state index in [4.69, 9.17) is 14.2 Å². The van der Waals surface area contributed by atoms with Gasteiger partial charge in [-0.05, 0) is 129 Å². The standard InChI is InChI=1S/C54H60N6O15S3/c1-73-52(70)40(22-13-25-76-4)58-49(67)43(61)34-16-7-10-19-37(34)55-46(64)31-28-32(47(65)56-38-20-11-8-17-35(38)44(62)50(68)59-41(53(71)74-2)23-14-26-77-5)30-33(29-31)48(66)57-39-21-12-9-18-36(39)45(63)51(69)60-42(54(72)75-3)24-15-27-78-6/h7-12,16-21,28-30,40-42H,13-15,22-27H2,1-6H3,(H,55,64)(H,56,65)(H,57,66)(H,58,67)(H,59,68)(H,60,69)/t40-,41-,42-/m0/s1. The number of ether oxygens (including phenoxy) is 3. The van der Waals surface area contributed by atoms with Crippen molar-refractivity contribution in [3.05, 3.63) is 124 Å². The highest BCUT2D eigenvalue weighted by Gasteiger charge is 2.31. The van der Waals surface area contributed by atoms with Crippen LogP contribution in [0.4, 0.5) is 17.1 Å². The molecule has 0 saturated heterocycles. The molecule has 78 heavy (non-hydrogen) atoms. The number of hydrogen-bond acceptors (Lipinski definition) is 18. The predicted octanol–water partition coefficient (Wildman–Crippen LogP) is 5.39. The molecule has 0 heterocycles. The fourth-order valence-corrected chi connectivity index (χ4v) is 8.85. The molecule has 0 radical (unpaired) electrons. The Kier molecular flexibility index (Phi) is 25.8. The largest absolute Gasteiger partial charge is 0.467 e. The van der Waals surface area contributed by atoms with Crippen molar-refractivity contribution in [2.75, 3.05) is 73.3 Å². The Morgan fingerprint density at radius 1 is 0.397 bits per heavy atom. The van der Waals surface area contributed by atoms with Gasteiger partial charge in [0.05, 0.1) is 55.1 Å². The highest BCUT2D eigenvalue weighted by atomic mass is 32.2. The quantitative estimate of drug-likeness (QED) is 0.0125. The molecule has 0 aliphatic heterocycles. The van der Waals surface area contributed by atoms with Crippen LogP contribution in [0.1, 0.15) is 101 Å². The number of esters is 3. The first-order chi connectivity index (χ1) is 37.4. The zero-order valence-corrected chi connectivity index (χ0v) is 46.1. The Morgan fingerprint density at radius 2 is 0.641 bits per heavy atom. The smallest absolute Gasteiger partial charge is 0.328 e. The van der Waals surface area contributed by atoms with Gasteiger partial charge >= 0.3 is 17.9 Å². The summed E-state index contributed by atoms with van der Waals surface area (Å²) in [6.45, 7) is 0. The van der Waals surface area contributed by atoms with E-state index in [0.717, 1.165) is 39.5 Å². The van der Waals surface area contributed by atoms with Gasteiger partial charge in [-0.25, -0.2) is 14.4 Å². The molecule has 4 aromatic carbocycles. The van der Waals surface area contributed by atoms with Crippen LogP contribution in [0.5, 0.6) is 0 Å². The van der Waals surface area contributed by atoms with Gasteiger partial charge in [0.1, 0.15) is 18.1 Å². The number of benzene rings is 4. The summed E-state index contributed by atoms with van der Waals surface area (Å²) in [5, 5.41) is 14.8. The number of para-hydroxylation sites is 3. The topological polar surface area (TPSA) is 305 Å². The van der Waals surface area contributed by atoms with E-state index in [1.165, 1.54) is 108 Å². The van der Waals surface area contributed by atoms with Crippen molar-refractivity contribution >= 4 is 123 Å². The zero-order valence-electron chi connectivity index (χ0n) is 43.6. The van der Waals surface area contributed by atoms with E-state index >= 15 is 0 Å². The Balaban J connectivity index is 1.74. The Bertz CT molecular complexity index is 2580. The van der Waals surface area contributed by atoms with Crippen molar-refractivity contribution < 1.29 is 71.7 Å². The number of carbonyl (C=O) groups excluding carboxylic acids is 12. The third-order valence-electron chi connectivity index (χ3n) is 11.5. The lowest BCUT2D eigenvalue weighted by molar-refractivity contribution is -0.145. The molecule has 4 rings (SSSR count). The molecule has 6 amide bonds. The molecular weight excluding hydrogens is 1070 g/mol. The van der Waals surface area contributed by atoms with Gasteiger partial charge in [-0.15, -0.1) is 0 Å². The molecule has 0 saturated carbocycles. The summed E-state index contributed by atoms with van der Waals surface area (Å²) in [6, 6.07) is 16.1. The first-order valence-electron chi connectivity index (χ1n) is 24.0. The average Bonchev–Trinajstić information content (AvgIpc) is 3.45. The van der Waals surface area contributed by atoms with Crippen LogP contribution in [0, 0.1) is 0 Å². The number of Topliss-reactive ketones (excluding diaryl/α,β-unsaturated/α-hetero) is 3. The van der Waals surface area contributed by atoms with Gasteiger partial charge in [0.15, 0.2) is 0 Å². The second-order valence-electron chi connectivity index (χ2n) is 16.8. The molecule has 0 fully saturated rings. The van der Waals surface area contributed by atoms with E-state index in [1.54, 1.807) is 0 Å². The van der Waals surface area contributed by atoms with Gasteiger partial charge < -0.3 is 46.1 Å². The van der Waals surface area contributed by atoms with Crippen molar-refractivity contribution in [1.29, 1.82) is 0 Å². The number of amides is 6. The highest BCUT2D eigenvalue weighted by molar-refractivity contribution is 7.98. The summed E-state index contributed by atoms with van der Waals surface area (Å²) in [5.41, 5.74) is -2.58. The van der Waals surface area contributed by atoms with E-state index in [0.29, 0.717) is 36.5 Å². The van der Waals surface area contributed by atoms with Crippen LogP contribution < -0.4 is 31.9 Å². The molecule has 0 spiro atoms. The lowest BCUT2D eigenvalue weighted by atomic mass is 10.0. The molecule has 4 aromatic rings. The number of nitrogens with one attached hydrogen (secondary N) is 6. The van der Waals surface area contributed by atoms with Gasteiger partial charge in [-0.2, -0.15) is 35.3 Å². The number of hydrogen-bond donors (Lipinski definition) is 6. The molecule has 3 atom stereocenters. The SMILES string of the molecule is COC(=O)[C@H](CCCSC)NC(=O)C(=O)c1ccccc1NC(=O)c1cc(C(=O)Nc2ccccc2C(=O)C(=O)N[C@@H](CCCSC)C(=O)OC)cc(C(=O)Nc2ccccc2C(=O)C(=O)N[C@@H](CCCSC)C(=O)OC)c1. The molecule has 0 aliphatic carbocycles. The summed E-state index contributed by atoms with van der Waals surface area (Å²) in [7, 11) is 3.41. The van der Waals surface area contributed by atoms with Crippen molar-refractivity contribution in [2.24, 2.45) is 0 Å². The summed E-state index contributed by atoms with van der Waals surface area (Å²) in [6.07, 6.45) is 7.65. The molecule has 414 valence electrons. The Hall–Kier alpha value is -7.83. The Labute approximate surface area is 462 Å². The number of anilines is 3. The fourth-order valence-electron chi connectivity index (χ4n) is 7.48. The van der Waals surface area contributed by atoms with E-state index < -0.39 is 88.8 Å². The molecule has 0 bridgehead atoms. The number of carbonyl (C=O) groups is 12. The summed E-state index contributed by atoms with van der Waals surface area (Å²) in [4.78, 5) is 161. The zero-order chi connectivity index (χ0) is 57.3. The van der Waals surface area contributed by atoms with Crippen LogP contribution in [0.15, 0.2) is 91.0 Å². The molecule has 21 nitrogen and oxygen atoms in total. The lowest BCUT2D eigenvalue weighted by Crippen LogP contribution is -2.44. The van der Waals surface area contributed by atoms with Gasteiger partial charge in [0, 0.05) is 16.7 Å². The summed E-state index contributed by atoms with van der Waals surface area (Å²) in [5.74, 6) is -10.3. The predicted molar refractivity (Wildman–Crippen MR) is 297 cm³/mol. The minimum atomic E-state index is -1.18. The third kappa shape index (κ3) is 18.2. The number of methoxy groups -OCH3 is 3. The minimum Gasteiger partial charge on any atom is -0.467 e. The first kappa shape index (κ1) is 62.7. The first-order valence-corrected chi connectivity index (χ1v) is 28.2. The van der Waals surface area contributed by atoms with Crippen LogP contribution >= 0.6 is 35.3 Å². The van der Waals surface area contributed by atoms with Crippen LogP contribution in [0.2, 0.25) is 0 Å². The van der Waals surface area contributed by atoms with Crippen LogP contribution in [0.3, 0.4) is 0 Å². The molecule has 0 aliphatic rings. The second-order valence-corrected chi connectivity index (χ2v) is 19.8. The maximum atomic E-state index is 14.3. The van der Waals surface area contributed by atoms with E-state index in [-0.39, 0.29) is 69.7 Å². The number of ketones is 3. The normalized spacial score (nSPS) is 11.8. The average molecular weight is 1130 g/mol. The van der Waals surface area contributed by atoms with Gasteiger partial charge in [0.25, 0.3) is 52.8 Å². The van der Waals surface area contributed by atoms with Crippen molar-refractivity contribution in [3.63, 3.8) is 0 Å². The van der Waals surface area contributed by atoms with Crippen molar-refractivity contribution in [3.8, 4) is 0 Å².